The third-order valence-electron chi connectivity index (χ3n) is 4.14. The van der Waals surface area contributed by atoms with Gasteiger partial charge in [-0.3, -0.25) is 9.36 Å². The molecule has 0 atom stereocenters. The summed E-state index contributed by atoms with van der Waals surface area (Å²) in [5.74, 6) is 1.86. The molecule has 0 saturated heterocycles. The van der Waals surface area contributed by atoms with Crippen molar-refractivity contribution in [2.75, 3.05) is 17.7 Å². The number of anilines is 1. The Kier molecular flexibility index (Phi) is 8.84. The van der Waals surface area contributed by atoms with Gasteiger partial charge in [0.2, 0.25) is 5.91 Å². The summed E-state index contributed by atoms with van der Waals surface area (Å²) in [6, 6.07) is 12.2. The lowest BCUT2D eigenvalue weighted by Crippen LogP contribution is -2.15. The first-order valence-corrected chi connectivity index (χ1v) is 11.5. The predicted molar refractivity (Wildman–Crippen MR) is 128 cm³/mol. The van der Waals surface area contributed by atoms with Gasteiger partial charge in [-0.2, -0.15) is 0 Å². The summed E-state index contributed by atoms with van der Waals surface area (Å²) in [4.78, 5) is 12.4. The van der Waals surface area contributed by atoms with Crippen LogP contribution >= 0.6 is 35.0 Å². The maximum absolute atomic E-state index is 12.4. The molecule has 0 bridgehead atoms. The molecule has 2 aromatic carbocycles. The molecular formula is C22H22Cl2N4O3S. The van der Waals surface area contributed by atoms with E-state index in [4.69, 9.17) is 32.7 Å². The van der Waals surface area contributed by atoms with Crippen LogP contribution in [0.25, 0.3) is 0 Å². The topological polar surface area (TPSA) is 78.3 Å². The average Bonchev–Trinajstić information content (AvgIpc) is 3.15. The molecule has 168 valence electrons. The van der Waals surface area contributed by atoms with E-state index >= 15 is 0 Å². The number of amides is 1. The van der Waals surface area contributed by atoms with Crippen LogP contribution in [0.15, 0.2) is 60.3 Å². The Morgan fingerprint density at radius 2 is 1.97 bits per heavy atom. The molecule has 0 aliphatic rings. The normalized spacial score (nSPS) is 10.6. The van der Waals surface area contributed by atoms with E-state index in [1.807, 2.05) is 23.6 Å². The van der Waals surface area contributed by atoms with Crippen molar-refractivity contribution < 1.29 is 14.3 Å². The van der Waals surface area contributed by atoms with Gasteiger partial charge in [0.25, 0.3) is 0 Å². The van der Waals surface area contributed by atoms with Crippen molar-refractivity contribution in [1.29, 1.82) is 0 Å². The van der Waals surface area contributed by atoms with Gasteiger partial charge in [-0.25, -0.2) is 0 Å². The third-order valence-corrected chi connectivity index (χ3v) is 5.63. The van der Waals surface area contributed by atoms with E-state index in [-0.39, 0.29) is 18.3 Å². The molecule has 10 heteroatoms. The minimum atomic E-state index is -0.155. The van der Waals surface area contributed by atoms with Crippen molar-refractivity contribution in [2.24, 2.45) is 0 Å². The van der Waals surface area contributed by atoms with E-state index in [0.717, 1.165) is 5.75 Å². The van der Waals surface area contributed by atoms with Gasteiger partial charge < -0.3 is 14.8 Å². The van der Waals surface area contributed by atoms with E-state index in [2.05, 4.69) is 22.1 Å². The summed E-state index contributed by atoms with van der Waals surface area (Å²) < 4.78 is 13.0. The minimum absolute atomic E-state index is 0.154. The Morgan fingerprint density at radius 1 is 1.19 bits per heavy atom. The van der Waals surface area contributed by atoms with E-state index < -0.39 is 0 Å². The van der Waals surface area contributed by atoms with Crippen molar-refractivity contribution in [3.8, 4) is 11.5 Å². The molecule has 7 nitrogen and oxygen atoms in total. The standard InChI is InChI=1S/C22H22Cl2N4O3S/c1-3-11-28-20(13-31-19-10-5-15(23)12-18(19)24)26-27-22(28)32-14-21(29)25-16-6-8-17(9-7-16)30-4-2/h3,5-10,12H,1,4,11,13-14H2,2H3,(H,25,29). The van der Waals surface area contributed by atoms with Crippen LogP contribution < -0.4 is 14.8 Å². The monoisotopic (exact) mass is 492 g/mol. The Morgan fingerprint density at radius 3 is 2.66 bits per heavy atom. The largest absolute Gasteiger partial charge is 0.494 e. The van der Waals surface area contributed by atoms with Crippen molar-refractivity contribution >= 4 is 46.6 Å². The second-order valence-corrected chi connectivity index (χ2v) is 8.24. The van der Waals surface area contributed by atoms with Crippen molar-refractivity contribution in [2.45, 2.75) is 25.2 Å². The third kappa shape index (κ3) is 6.66. The van der Waals surface area contributed by atoms with E-state index in [1.54, 1.807) is 36.4 Å². The summed E-state index contributed by atoms with van der Waals surface area (Å²) in [5, 5.41) is 12.8. The smallest absolute Gasteiger partial charge is 0.234 e. The first-order valence-electron chi connectivity index (χ1n) is 9.76. The fourth-order valence-corrected chi connectivity index (χ4v) is 3.94. The number of nitrogens with one attached hydrogen (secondary N) is 1. The van der Waals surface area contributed by atoms with Gasteiger partial charge in [-0.1, -0.05) is 41.0 Å². The molecule has 0 spiro atoms. The van der Waals surface area contributed by atoms with E-state index in [9.17, 15) is 4.79 Å². The SMILES string of the molecule is C=CCn1c(COc2ccc(Cl)cc2Cl)nnc1SCC(=O)Nc1ccc(OCC)cc1. The summed E-state index contributed by atoms with van der Waals surface area (Å²) in [7, 11) is 0. The average molecular weight is 493 g/mol. The van der Waals surface area contributed by atoms with Crippen molar-refractivity contribution in [3.63, 3.8) is 0 Å². The van der Waals surface area contributed by atoms with Crippen LogP contribution in [0.2, 0.25) is 10.0 Å². The molecule has 0 aliphatic heterocycles. The molecule has 1 N–H and O–H groups in total. The summed E-state index contributed by atoms with van der Waals surface area (Å²) in [5.41, 5.74) is 0.695. The van der Waals surface area contributed by atoms with Crippen LogP contribution in [-0.4, -0.2) is 33.0 Å². The lowest BCUT2D eigenvalue weighted by Gasteiger charge is -2.10. The van der Waals surface area contributed by atoms with Gasteiger partial charge in [0.05, 0.1) is 17.4 Å². The van der Waals surface area contributed by atoms with Gasteiger partial charge in [0.1, 0.15) is 18.1 Å². The highest BCUT2D eigenvalue weighted by Gasteiger charge is 2.15. The zero-order chi connectivity index (χ0) is 22.9. The van der Waals surface area contributed by atoms with Crippen molar-refractivity contribution in [1.82, 2.24) is 14.8 Å². The first kappa shape index (κ1) is 24.0. The highest BCUT2D eigenvalue weighted by atomic mass is 35.5. The number of benzene rings is 2. The summed E-state index contributed by atoms with van der Waals surface area (Å²) >= 11 is 13.3. The number of hydrogen-bond donors (Lipinski definition) is 1. The molecule has 0 radical (unpaired) electrons. The Bertz CT molecular complexity index is 1070. The number of hydrogen-bond acceptors (Lipinski definition) is 6. The summed E-state index contributed by atoms with van der Waals surface area (Å²) in [6.45, 7) is 6.92. The Hall–Kier alpha value is -2.68. The number of rotatable bonds is 11. The lowest BCUT2D eigenvalue weighted by atomic mass is 10.3. The number of allylic oxidation sites excluding steroid dienone is 1. The molecule has 3 aromatic rings. The van der Waals surface area contributed by atoms with Gasteiger partial charge in [-0.05, 0) is 49.4 Å². The zero-order valence-electron chi connectivity index (χ0n) is 17.4. The van der Waals surface area contributed by atoms with Gasteiger partial charge in [0, 0.05) is 17.3 Å². The van der Waals surface area contributed by atoms with Crippen LogP contribution in [0.3, 0.4) is 0 Å². The molecule has 1 amide bonds. The van der Waals surface area contributed by atoms with Gasteiger partial charge >= 0.3 is 0 Å². The zero-order valence-corrected chi connectivity index (χ0v) is 19.7. The number of aromatic nitrogens is 3. The maximum Gasteiger partial charge on any atom is 0.234 e. The number of carbonyl (C=O) groups excluding carboxylic acids is 1. The maximum atomic E-state index is 12.4. The molecular weight excluding hydrogens is 471 g/mol. The second-order valence-electron chi connectivity index (χ2n) is 6.46. The van der Waals surface area contributed by atoms with Crippen LogP contribution in [0.4, 0.5) is 5.69 Å². The molecule has 3 rings (SSSR count). The highest BCUT2D eigenvalue weighted by molar-refractivity contribution is 7.99. The Balaban J connectivity index is 1.59. The quantitative estimate of drug-likeness (QED) is 0.282. The predicted octanol–water partition coefficient (Wildman–Crippen LogP) is 5.48. The molecule has 0 unspecified atom stereocenters. The Labute approximate surface area is 200 Å². The second kappa shape index (κ2) is 11.8. The van der Waals surface area contributed by atoms with Crippen LogP contribution in [0.1, 0.15) is 12.7 Å². The van der Waals surface area contributed by atoms with Crippen LogP contribution in [-0.2, 0) is 17.9 Å². The molecule has 0 aliphatic carbocycles. The number of carbonyl (C=O) groups is 1. The fourth-order valence-electron chi connectivity index (χ4n) is 2.71. The first-order chi connectivity index (χ1) is 15.5. The number of nitrogens with zero attached hydrogens (tertiary/aromatic N) is 3. The minimum Gasteiger partial charge on any atom is -0.494 e. The number of halogens is 2. The van der Waals surface area contributed by atoms with Gasteiger partial charge in [0.15, 0.2) is 11.0 Å². The lowest BCUT2D eigenvalue weighted by molar-refractivity contribution is -0.113. The fraction of sp³-hybridized carbons (Fsp3) is 0.227. The summed E-state index contributed by atoms with van der Waals surface area (Å²) in [6.07, 6.45) is 1.73. The molecule has 0 fully saturated rings. The van der Waals surface area contributed by atoms with Crippen LogP contribution in [0, 0.1) is 0 Å². The highest BCUT2D eigenvalue weighted by Crippen LogP contribution is 2.28. The number of thioether (sulfide) groups is 1. The van der Waals surface area contributed by atoms with E-state index in [0.29, 0.717) is 45.6 Å². The number of ether oxygens (including phenoxy) is 2. The molecule has 1 aromatic heterocycles. The molecule has 0 saturated carbocycles. The van der Waals surface area contributed by atoms with Gasteiger partial charge in [-0.15, -0.1) is 16.8 Å². The molecule has 32 heavy (non-hydrogen) atoms. The molecule has 1 heterocycles. The van der Waals surface area contributed by atoms with Crippen molar-refractivity contribution in [3.05, 3.63) is 71.0 Å². The van der Waals surface area contributed by atoms with Crippen LogP contribution in [0.5, 0.6) is 11.5 Å². The van der Waals surface area contributed by atoms with E-state index in [1.165, 1.54) is 11.8 Å².